The average Bonchev–Trinajstić information content (AvgIpc) is 3.15. The average molecular weight is 394 g/mol. The lowest BCUT2D eigenvalue weighted by Crippen LogP contribution is -2.30. The summed E-state index contributed by atoms with van der Waals surface area (Å²) in [6.07, 6.45) is -0.453. The van der Waals surface area contributed by atoms with Crippen molar-refractivity contribution in [2.24, 2.45) is 0 Å². The lowest BCUT2D eigenvalue weighted by Gasteiger charge is -2.25. The number of hydrogen-bond donors (Lipinski definition) is 1. The van der Waals surface area contributed by atoms with E-state index in [0.717, 1.165) is 33.5 Å². The number of ether oxygens (including phenoxy) is 3. The summed E-state index contributed by atoms with van der Waals surface area (Å²) in [5.41, 5.74) is 4.17. The van der Waals surface area contributed by atoms with Crippen molar-refractivity contribution < 1.29 is 19.3 Å². The lowest BCUT2D eigenvalue weighted by atomic mass is 10.1. The first-order valence-corrected chi connectivity index (χ1v) is 9.75. The summed E-state index contributed by atoms with van der Waals surface area (Å²) in [6, 6.07) is 14.3. The summed E-state index contributed by atoms with van der Waals surface area (Å²) < 4.78 is 16.5. The van der Waals surface area contributed by atoms with Crippen molar-refractivity contribution in [3.05, 3.63) is 59.2 Å². The van der Waals surface area contributed by atoms with Crippen LogP contribution in [0.2, 0.25) is 0 Å². The predicted octanol–water partition coefficient (Wildman–Crippen LogP) is 3.66. The highest BCUT2D eigenvalue weighted by Gasteiger charge is 2.18. The molecule has 0 amide bonds. The number of aliphatic hydroxyl groups is 1. The van der Waals surface area contributed by atoms with E-state index in [2.05, 4.69) is 36.1 Å². The number of nitrogens with zero attached hydrogens (tertiary/aromatic N) is 2. The van der Waals surface area contributed by atoms with Gasteiger partial charge in [0.2, 0.25) is 12.7 Å². The molecular formula is C23H26N2O4. The Morgan fingerprint density at radius 1 is 1.10 bits per heavy atom. The lowest BCUT2D eigenvalue weighted by molar-refractivity contribution is 0.117. The normalized spacial score (nSPS) is 13.8. The minimum absolute atomic E-state index is 0.260. The molecule has 3 aromatic rings. The van der Waals surface area contributed by atoms with Crippen LogP contribution in [0.4, 0.5) is 0 Å². The number of aryl methyl sites for hydroxylation is 1. The fourth-order valence-electron chi connectivity index (χ4n) is 3.69. The molecular weight excluding hydrogens is 368 g/mol. The molecule has 0 aliphatic carbocycles. The Morgan fingerprint density at radius 3 is 2.72 bits per heavy atom. The van der Waals surface area contributed by atoms with Crippen LogP contribution in [0.15, 0.2) is 42.5 Å². The van der Waals surface area contributed by atoms with E-state index in [9.17, 15) is 5.11 Å². The zero-order valence-electron chi connectivity index (χ0n) is 17.0. The Morgan fingerprint density at radius 2 is 1.93 bits per heavy atom. The fourth-order valence-corrected chi connectivity index (χ4v) is 3.69. The molecule has 1 aliphatic heterocycles. The van der Waals surface area contributed by atoms with Crippen molar-refractivity contribution in [3.8, 4) is 17.4 Å². The third-order valence-corrected chi connectivity index (χ3v) is 4.97. The Bertz CT molecular complexity index is 1020. The summed E-state index contributed by atoms with van der Waals surface area (Å²) in [7, 11) is 1.64. The quantitative estimate of drug-likeness (QED) is 0.660. The Hall–Kier alpha value is -2.83. The van der Waals surface area contributed by atoms with Gasteiger partial charge in [-0.1, -0.05) is 18.2 Å². The number of rotatable bonds is 7. The van der Waals surface area contributed by atoms with Gasteiger partial charge in [0.1, 0.15) is 0 Å². The maximum Gasteiger partial charge on any atom is 0.231 e. The second-order valence-electron chi connectivity index (χ2n) is 7.56. The summed E-state index contributed by atoms with van der Waals surface area (Å²) in [5, 5.41) is 11.1. The van der Waals surface area contributed by atoms with E-state index >= 15 is 0 Å². The third-order valence-electron chi connectivity index (χ3n) is 4.97. The summed E-state index contributed by atoms with van der Waals surface area (Å²) in [4.78, 5) is 6.88. The van der Waals surface area contributed by atoms with E-state index in [1.807, 2.05) is 18.2 Å². The largest absolute Gasteiger partial charge is 0.481 e. The highest BCUT2D eigenvalue weighted by Crippen LogP contribution is 2.33. The first kappa shape index (κ1) is 19.5. The number of methoxy groups -OCH3 is 1. The van der Waals surface area contributed by atoms with Crippen LogP contribution in [-0.4, -0.2) is 41.5 Å². The van der Waals surface area contributed by atoms with Gasteiger partial charge in [-0.3, -0.25) is 4.90 Å². The van der Waals surface area contributed by atoms with Crippen molar-refractivity contribution in [2.45, 2.75) is 33.0 Å². The molecule has 152 valence electrons. The number of hydrogen-bond acceptors (Lipinski definition) is 6. The van der Waals surface area contributed by atoms with Crippen molar-refractivity contribution >= 4 is 10.9 Å². The predicted molar refractivity (Wildman–Crippen MR) is 111 cm³/mol. The van der Waals surface area contributed by atoms with Gasteiger partial charge in [0.15, 0.2) is 11.5 Å². The molecule has 1 aliphatic rings. The van der Waals surface area contributed by atoms with Crippen molar-refractivity contribution in [2.75, 3.05) is 20.4 Å². The van der Waals surface area contributed by atoms with Crippen molar-refractivity contribution in [3.63, 3.8) is 0 Å². The molecule has 0 saturated carbocycles. The zero-order valence-corrected chi connectivity index (χ0v) is 17.0. The minimum atomic E-state index is -0.453. The second kappa shape index (κ2) is 8.27. The van der Waals surface area contributed by atoms with Gasteiger partial charge >= 0.3 is 0 Å². The van der Waals surface area contributed by atoms with E-state index in [-0.39, 0.29) is 6.79 Å². The number of aliphatic hydroxyl groups excluding tert-OH is 1. The summed E-state index contributed by atoms with van der Waals surface area (Å²) in [5.74, 6) is 2.15. The smallest absolute Gasteiger partial charge is 0.231 e. The van der Waals surface area contributed by atoms with Crippen LogP contribution < -0.4 is 14.2 Å². The van der Waals surface area contributed by atoms with Gasteiger partial charge in [0.05, 0.1) is 18.7 Å². The van der Waals surface area contributed by atoms with Crippen LogP contribution in [-0.2, 0) is 13.1 Å². The minimum Gasteiger partial charge on any atom is -0.481 e. The molecule has 1 N–H and O–H groups in total. The molecule has 2 heterocycles. The SMILES string of the molecule is COc1nc2cc(C)ccc2cc1CN(Cc1ccc2c(c1)OCO2)CC(C)O. The van der Waals surface area contributed by atoms with Crippen molar-refractivity contribution in [1.29, 1.82) is 0 Å². The maximum atomic E-state index is 10.0. The van der Waals surface area contributed by atoms with E-state index in [1.165, 1.54) is 5.56 Å². The molecule has 0 radical (unpaired) electrons. The zero-order chi connectivity index (χ0) is 20.4. The van der Waals surface area contributed by atoms with Gasteiger partial charge in [-0.2, -0.15) is 0 Å². The van der Waals surface area contributed by atoms with Crippen LogP contribution in [0.25, 0.3) is 10.9 Å². The van der Waals surface area contributed by atoms with Crippen LogP contribution in [0.3, 0.4) is 0 Å². The van der Waals surface area contributed by atoms with Crippen LogP contribution in [0, 0.1) is 6.92 Å². The summed E-state index contributed by atoms with van der Waals surface area (Å²) >= 11 is 0. The van der Waals surface area contributed by atoms with Crippen LogP contribution in [0.5, 0.6) is 17.4 Å². The highest BCUT2D eigenvalue weighted by molar-refractivity contribution is 5.80. The van der Waals surface area contributed by atoms with Gasteiger partial charge in [-0.15, -0.1) is 0 Å². The molecule has 6 heteroatoms. The summed E-state index contributed by atoms with van der Waals surface area (Å²) in [6.45, 7) is 5.91. The van der Waals surface area contributed by atoms with E-state index < -0.39 is 6.10 Å². The molecule has 0 spiro atoms. The first-order chi connectivity index (χ1) is 14.0. The van der Waals surface area contributed by atoms with Crippen molar-refractivity contribution in [1.82, 2.24) is 9.88 Å². The fraction of sp³-hybridized carbons (Fsp3) is 0.348. The molecule has 29 heavy (non-hydrogen) atoms. The first-order valence-electron chi connectivity index (χ1n) is 9.75. The maximum absolute atomic E-state index is 10.0. The molecule has 6 nitrogen and oxygen atoms in total. The van der Waals surface area contributed by atoms with Gasteiger partial charge in [0.25, 0.3) is 0 Å². The molecule has 4 rings (SSSR count). The molecule has 1 unspecified atom stereocenters. The van der Waals surface area contributed by atoms with E-state index in [0.29, 0.717) is 25.5 Å². The van der Waals surface area contributed by atoms with E-state index in [4.69, 9.17) is 19.2 Å². The van der Waals surface area contributed by atoms with Gasteiger partial charge < -0.3 is 19.3 Å². The van der Waals surface area contributed by atoms with Crippen LogP contribution in [0.1, 0.15) is 23.6 Å². The third kappa shape index (κ3) is 4.44. The monoisotopic (exact) mass is 394 g/mol. The second-order valence-corrected chi connectivity index (χ2v) is 7.56. The molecule has 1 atom stereocenters. The number of pyridine rings is 1. The Balaban J connectivity index is 1.61. The van der Waals surface area contributed by atoms with E-state index in [1.54, 1.807) is 14.0 Å². The molecule has 2 aromatic carbocycles. The molecule has 0 saturated heterocycles. The Labute approximate surface area is 170 Å². The molecule has 0 fully saturated rings. The van der Waals surface area contributed by atoms with Crippen LogP contribution >= 0.6 is 0 Å². The van der Waals surface area contributed by atoms with Gasteiger partial charge in [-0.25, -0.2) is 4.98 Å². The number of benzene rings is 2. The molecule has 1 aromatic heterocycles. The molecule has 0 bridgehead atoms. The highest BCUT2D eigenvalue weighted by atomic mass is 16.7. The Kier molecular flexibility index (Phi) is 5.56. The standard InChI is InChI=1S/C23H26N2O4/c1-15-4-6-18-10-19(23(27-3)24-20(18)8-15)13-25(11-16(2)26)12-17-5-7-21-22(9-17)29-14-28-21/h4-10,16,26H,11-14H2,1-3H3. The van der Waals surface area contributed by atoms with Gasteiger partial charge in [0, 0.05) is 30.6 Å². The number of fused-ring (bicyclic) bond motifs is 2. The number of aromatic nitrogens is 1. The topological polar surface area (TPSA) is 64.1 Å². The van der Waals surface area contributed by atoms with Gasteiger partial charge in [-0.05, 0) is 49.2 Å².